The quantitative estimate of drug-likeness (QED) is 0.757. The van der Waals surface area contributed by atoms with Crippen molar-refractivity contribution in [2.45, 2.75) is 45.1 Å². The van der Waals surface area contributed by atoms with Gasteiger partial charge < -0.3 is 15.2 Å². The standard InChI is InChI=1S/C17H25NO3/c1-2-13-4-3-5-15(12-13)18-10-11-21-16-8-6-14(7-9-16)17(19)20/h6-9,13,15,18H,2-5,10-12H2,1H3,(H,19,20). The Labute approximate surface area is 126 Å². The molecule has 0 radical (unpaired) electrons. The fraction of sp³-hybridized carbons (Fsp3) is 0.588. The van der Waals surface area contributed by atoms with Crippen LogP contribution in [0.25, 0.3) is 0 Å². The van der Waals surface area contributed by atoms with Crippen molar-refractivity contribution in [2.75, 3.05) is 13.2 Å². The van der Waals surface area contributed by atoms with E-state index in [4.69, 9.17) is 9.84 Å². The van der Waals surface area contributed by atoms with Gasteiger partial charge in [-0.25, -0.2) is 4.79 Å². The van der Waals surface area contributed by atoms with Crippen LogP contribution in [0.3, 0.4) is 0 Å². The van der Waals surface area contributed by atoms with Gasteiger partial charge in [0.15, 0.2) is 0 Å². The Kier molecular flexibility index (Phi) is 6.05. The number of benzene rings is 1. The van der Waals surface area contributed by atoms with E-state index in [2.05, 4.69) is 12.2 Å². The molecule has 4 heteroatoms. The van der Waals surface area contributed by atoms with Crippen molar-refractivity contribution in [2.24, 2.45) is 5.92 Å². The predicted molar refractivity (Wildman–Crippen MR) is 82.9 cm³/mol. The lowest BCUT2D eigenvalue weighted by Gasteiger charge is -2.29. The van der Waals surface area contributed by atoms with E-state index in [1.54, 1.807) is 24.3 Å². The van der Waals surface area contributed by atoms with Crippen molar-refractivity contribution in [1.82, 2.24) is 5.32 Å². The molecule has 2 N–H and O–H groups in total. The van der Waals surface area contributed by atoms with Gasteiger partial charge in [0, 0.05) is 12.6 Å². The van der Waals surface area contributed by atoms with Gasteiger partial charge in [-0.1, -0.05) is 26.2 Å². The molecule has 0 heterocycles. The lowest BCUT2D eigenvalue weighted by Crippen LogP contribution is -2.36. The molecular weight excluding hydrogens is 266 g/mol. The summed E-state index contributed by atoms with van der Waals surface area (Å²) in [5, 5.41) is 12.4. The molecule has 1 saturated carbocycles. The van der Waals surface area contributed by atoms with Gasteiger partial charge in [-0.2, -0.15) is 0 Å². The van der Waals surface area contributed by atoms with Crippen LogP contribution in [-0.2, 0) is 0 Å². The number of carboxylic acids is 1. The summed E-state index contributed by atoms with van der Waals surface area (Å²) in [6.45, 7) is 3.72. The van der Waals surface area contributed by atoms with Gasteiger partial charge in [-0.05, 0) is 43.0 Å². The highest BCUT2D eigenvalue weighted by atomic mass is 16.5. The number of hydrogen-bond acceptors (Lipinski definition) is 3. The van der Waals surface area contributed by atoms with E-state index in [1.165, 1.54) is 32.1 Å². The van der Waals surface area contributed by atoms with E-state index in [9.17, 15) is 4.79 Å². The van der Waals surface area contributed by atoms with Crippen LogP contribution in [0, 0.1) is 5.92 Å². The lowest BCUT2D eigenvalue weighted by atomic mass is 9.84. The van der Waals surface area contributed by atoms with E-state index in [0.29, 0.717) is 12.6 Å². The summed E-state index contributed by atoms with van der Waals surface area (Å²) in [7, 11) is 0. The average molecular weight is 291 g/mol. The number of nitrogens with one attached hydrogen (secondary N) is 1. The summed E-state index contributed by atoms with van der Waals surface area (Å²) < 4.78 is 5.63. The molecule has 0 spiro atoms. The number of carboxylic acid groups (broad SMARTS) is 1. The largest absolute Gasteiger partial charge is 0.492 e. The molecular formula is C17H25NO3. The highest BCUT2D eigenvalue weighted by Crippen LogP contribution is 2.26. The Morgan fingerprint density at radius 1 is 1.33 bits per heavy atom. The minimum Gasteiger partial charge on any atom is -0.492 e. The molecule has 1 aromatic carbocycles. The van der Waals surface area contributed by atoms with E-state index in [1.807, 2.05) is 0 Å². The van der Waals surface area contributed by atoms with Crippen LogP contribution >= 0.6 is 0 Å². The van der Waals surface area contributed by atoms with Gasteiger partial charge in [0.1, 0.15) is 12.4 Å². The predicted octanol–water partition coefficient (Wildman–Crippen LogP) is 3.32. The van der Waals surface area contributed by atoms with E-state index in [0.717, 1.165) is 18.2 Å². The Balaban J connectivity index is 1.66. The fourth-order valence-electron chi connectivity index (χ4n) is 2.97. The van der Waals surface area contributed by atoms with Crippen molar-refractivity contribution in [3.8, 4) is 5.75 Å². The van der Waals surface area contributed by atoms with Crippen molar-refractivity contribution in [3.05, 3.63) is 29.8 Å². The second-order valence-corrected chi connectivity index (χ2v) is 5.77. The van der Waals surface area contributed by atoms with Crippen molar-refractivity contribution in [1.29, 1.82) is 0 Å². The third-order valence-corrected chi connectivity index (χ3v) is 4.27. The average Bonchev–Trinajstić information content (AvgIpc) is 2.52. The summed E-state index contributed by atoms with van der Waals surface area (Å²) in [6, 6.07) is 7.17. The van der Waals surface area contributed by atoms with Gasteiger partial charge in [0.2, 0.25) is 0 Å². The minimum absolute atomic E-state index is 0.285. The minimum atomic E-state index is -0.911. The maximum atomic E-state index is 10.7. The van der Waals surface area contributed by atoms with Crippen LogP contribution in [-0.4, -0.2) is 30.3 Å². The second-order valence-electron chi connectivity index (χ2n) is 5.77. The maximum absolute atomic E-state index is 10.7. The van der Waals surface area contributed by atoms with Crippen LogP contribution in [0.15, 0.2) is 24.3 Å². The Morgan fingerprint density at radius 2 is 2.10 bits per heavy atom. The zero-order valence-electron chi connectivity index (χ0n) is 12.7. The number of aromatic carboxylic acids is 1. The highest BCUT2D eigenvalue weighted by molar-refractivity contribution is 5.87. The first-order valence-corrected chi connectivity index (χ1v) is 7.88. The third kappa shape index (κ3) is 5.05. The first-order chi connectivity index (χ1) is 10.2. The number of hydrogen-bond donors (Lipinski definition) is 2. The van der Waals surface area contributed by atoms with Gasteiger partial charge in [-0.15, -0.1) is 0 Å². The molecule has 0 saturated heterocycles. The Morgan fingerprint density at radius 3 is 2.76 bits per heavy atom. The molecule has 1 aliphatic carbocycles. The zero-order valence-corrected chi connectivity index (χ0v) is 12.7. The molecule has 116 valence electrons. The molecule has 1 aliphatic rings. The molecule has 2 unspecified atom stereocenters. The molecule has 0 amide bonds. The molecule has 21 heavy (non-hydrogen) atoms. The van der Waals surface area contributed by atoms with E-state index >= 15 is 0 Å². The molecule has 0 aliphatic heterocycles. The third-order valence-electron chi connectivity index (χ3n) is 4.27. The summed E-state index contributed by atoms with van der Waals surface area (Å²) in [5.74, 6) is 0.684. The van der Waals surface area contributed by atoms with Crippen LogP contribution in [0.4, 0.5) is 0 Å². The van der Waals surface area contributed by atoms with Crippen LogP contribution in [0.1, 0.15) is 49.4 Å². The Bertz CT molecular complexity index is 444. The molecule has 0 aromatic heterocycles. The van der Waals surface area contributed by atoms with Crippen LogP contribution in [0.5, 0.6) is 5.75 Å². The molecule has 0 bridgehead atoms. The first kappa shape index (κ1) is 15.8. The fourth-order valence-corrected chi connectivity index (χ4v) is 2.97. The van der Waals surface area contributed by atoms with Crippen molar-refractivity contribution in [3.63, 3.8) is 0 Å². The van der Waals surface area contributed by atoms with Crippen LogP contribution in [0.2, 0.25) is 0 Å². The second kappa shape index (κ2) is 8.03. The zero-order chi connectivity index (χ0) is 15.1. The van der Waals surface area contributed by atoms with Gasteiger partial charge in [0.05, 0.1) is 5.56 Å². The van der Waals surface area contributed by atoms with E-state index in [-0.39, 0.29) is 5.56 Å². The van der Waals surface area contributed by atoms with Crippen molar-refractivity contribution < 1.29 is 14.6 Å². The van der Waals surface area contributed by atoms with E-state index < -0.39 is 5.97 Å². The molecule has 4 nitrogen and oxygen atoms in total. The molecule has 1 fully saturated rings. The Hall–Kier alpha value is -1.55. The summed E-state index contributed by atoms with van der Waals surface area (Å²) in [6.07, 6.45) is 6.53. The van der Waals surface area contributed by atoms with Crippen molar-refractivity contribution >= 4 is 5.97 Å². The topological polar surface area (TPSA) is 58.6 Å². The lowest BCUT2D eigenvalue weighted by molar-refractivity contribution is 0.0697. The number of rotatable bonds is 7. The molecule has 2 rings (SSSR count). The SMILES string of the molecule is CCC1CCCC(NCCOc2ccc(C(=O)O)cc2)C1. The van der Waals surface area contributed by atoms with Gasteiger partial charge in [-0.3, -0.25) is 0 Å². The number of ether oxygens (including phenoxy) is 1. The smallest absolute Gasteiger partial charge is 0.335 e. The highest BCUT2D eigenvalue weighted by Gasteiger charge is 2.19. The molecule has 2 atom stereocenters. The van der Waals surface area contributed by atoms with Gasteiger partial charge >= 0.3 is 5.97 Å². The summed E-state index contributed by atoms with van der Waals surface area (Å²) in [4.78, 5) is 10.7. The summed E-state index contributed by atoms with van der Waals surface area (Å²) >= 11 is 0. The monoisotopic (exact) mass is 291 g/mol. The maximum Gasteiger partial charge on any atom is 0.335 e. The van der Waals surface area contributed by atoms with Crippen LogP contribution < -0.4 is 10.1 Å². The number of carbonyl (C=O) groups is 1. The molecule has 1 aromatic rings. The van der Waals surface area contributed by atoms with Gasteiger partial charge in [0.25, 0.3) is 0 Å². The first-order valence-electron chi connectivity index (χ1n) is 7.88. The normalized spacial score (nSPS) is 22.0. The summed E-state index contributed by atoms with van der Waals surface area (Å²) in [5.41, 5.74) is 0.285.